The molecule has 4 rings (SSSR count). The van der Waals surface area contributed by atoms with Gasteiger partial charge in [-0.25, -0.2) is 0 Å². The van der Waals surface area contributed by atoms with Crippen molar-refractivity contribution in [3.8, 4) is 5.69 Å². The lowest BCUT2D eigenvalue weighted by atomic mass is 10.2. The van der Waals surface area contributed by atoms with Gasteiger partial charge in [-0.1, -0.05) is 35.3 Å². The summed E-state index contributed by atoms with van der Waals surface area (Å²) >= 11 is 12.7. The Balaban J connectivity index is 1.64. The molecule has 1 saturated heterocycles. The van der Waals surface area contributed by atoms with Crippen LogP contribution in [0.4, 0.5) is 10.5 Å². The first kappa shape index (κ1) is 23.1. The van der Waals surface area contributed by atoms with E-state index in [2.05, 4.69) is 0 Å². The van der Waals surface area contributed by atoms with Crippen LogP contribution in [-0.4, -0.2) is 25.5 Å². The van der Waals surface area contributed by atoms with Gasteiger partial charge in [-0.3, -0.25) is 24.6 Å². The summed E-state index contributed by atoms with van der Waals surface area (Å²) in [6.45, 7) is 3.86. The summed E-state index contributed by atoms with van der Waals surface area (Å²) in [7, 11) is 0. The van der Waals surface area contributed by atoms with Crippen molar-refractivity contribution in [1.82, 2.24) is 9.47 Å². The number of carbonyl (C=O) groups excluding carboxylic acids is 2. The second-order valence-electron chi connectivity index (χ2n) is 7.45. The lowest BCUT2D eigenvalue weighted by Gasteiger charge is -2.12. The van der Waals surface area contributed by atoms with Crippen molar-refractivity contribution >= 4 is 57.9 Å². The zero-order valence-electron chi connectivity index (χ0n) is 17.5. The van der Waals surface area contributed by atoms with E-state index >= 15 is 0 Å². The van der Waals surface area contributed by atoms with Crippen LogP contribution in [0.1, 0.15) is 22.5 Å². The highest BCUT2D eigenvalue weighted by molar-refractivity contribution is 8.18. The van der Waals surface area contributed by atoms with Gasteiger partial charge in [0.2, 0.25) is 0 Å². The quantitative estimate of drug-likeness (QED) is 0.225. The van der Waals surface area contributed by atoms with Crippen LogP contribution in [0.5, 0.6) is 0 Å². The number of halogens is 2. The molecule has 3 aromatic rings. The zero-order chi connectivity index (χ0) is 23.9. The number of hydrogen-bond donors (Lipinski definition) is 0. The first-order valence-electron chi connectivity index (χ1n) is 9.79. The molecule has 33 heavy (non-hydrogen) atoms. The molecule has 1 aromatic heterocycles. The molecule has 0 atom stereocenters. The third kappa shape index (κ3) is 4.55. The van der Waals surface area contributed by atoms with Crippen molar-refractivity contribution in [1.29, 1.82) is 0 Å². The molecule has 0 radical (unpaired) electrons. The van der Waals surface area contributed by atoms with E-state index < -0.39 is 4.92 Å². The van der Waals surface area contributed by atoms with Crippen LogP contribution in [0.3, 0.4) is 0 Å². The van der Waals surface area contributed by atoms with Gasteiger partial charge in [0, 0.05) is 22.5 Å². The average Bonchev–Trinajstić information content (AvgIpc) is 3.19. The average molecular weight is 502 g/mol. The Hall–Kier alpha value is -3.07. The van der Waals surface area contributed by atoms with E-state index in [0.717, 1.165) is 34.3 Å². The number of nitrogens with zero attached hydrogens (tertiary/aromatic N) is 3. The minimum Gasteiger partial charge on any atom is -0.318 e. The largest absolute Gasteiger partial charge is 0.318 e. The van der Waals surface area contributed by atoms with Crippen LogP contribution in [-0.2, 0) is 11.3 Å². The molecule has 0 unspecified atom stereocenters. The van der Waals surface area contributed by atoms with Gasteiger partial charge in [0.1, 0.15) is 5.02 Å². The molecule has 0 saturated carbocycles. The topological polar surface area (TPSA) is 85.5 Å². The Labute approximate surface area is 203 Å². The molecule has 168 valence electrons. The number of thioether (sulfide) groups is 1. The van der Waals surface area contributed by atoms with E-state index in [9.17, 15) is 19.7 Å². The second kappa shape index (κ2) is 9.05. The number of imide groups is 1. The Kier molecular flexibility index (Phi) is 6.34. The smallest absolute Gasteiger partial charge is 0.293 e. The summed E-state index contributed by atoms with van der Waals surface area (Å²) in [4.78, 5) is 37.7. The van der Waals surface area contributed by atoms with Gasteiger partial charge in [0.25, 0.3) is 16.8 Å². The normalized spacial score (nSPS) is 15.0. The molecular formula is C23H17Cl2N3O4S. The first-order valence-corrected chi connectivity index (χ1v) is 11.4. The number of carbonyl (C=O) groups is 2. The highest BCUT2D eigenvalue weighted by Crippen LogP contribution is 2.35. The Morgan fingerprint density at radius 2 is 1.76 bits per heavy atom. The van der Waals surface area contributed by atoms with Crippen molar-refractivity contribution in [3.05, 3.63) is 96.1 Å². The van der Waals surface area contributed by atoms with E-state index in [0.29, 0.717) is 15.6 Å². The Morgan fingerprint density at radius 3 is 2.42 bits per heavy atom. The van der Waals surface area contributed by atoms with E-state index in [1.165, 1.54) is 17.0 Å². The van der Waals surface area contributed by atoms with Crippen molar-refractivity contribution in [2.75, 3.05) is 0 Å². The Morgan fingerprint density at radius 1 is 1.06 bits per heavy atom. The van der Waals surface area contributed by atoms with E-state index in [4.69, 9.17) is 23.2 Å². The summed E-state index contributed by atoms with van der Waals surface area (Å²) in [5.41, 5.74) is 3.51. The number of benzene rings is 2. The van der Waals surface area contributed by atoms with Crippen molar-refractivity contribution in [3.63, 3.8) is 0 Å². The third-order valence-corrected chi connectivity index (χ3v) is 6.75. The maximum absolute atomic E-state index is 12.9. The van der Waals surface area contributed by atoms with Crippen LogP contribution in [0.25, 0.3) is 11.8 Å². The third-order valence-electron chi connectivity index (χ3n) is 5.27. The maximum Gasteiger partial charge on any atom is 0.293 e. The lowest BCUT2D eigenvalue weighted by Crippen LogP contribution is -2.27. The maximum atomic E-state index is 12.9. The van der Waals surface area contributed by atoms with E-state index in [1.807, 2.05) is 24.5 Å². The zero-order valence-corrected chi connectivity index (χ0v) is 19.9. The van der Waals surface area contributed by atoms with Gasteiger partial charge in [0.15, 0.2) is 0 Å². The molecular weight excluding hydrogens is 485 g/mol. The lowest BCUT2D eigenvalue weighted by molar-refractivity contribution is -0.384. The molecule has 0 aliphatic carbocycles. The molecule has 10 heteroatoms. The van der Waals surface area contributed by atoms with Crippen LogP contribution in [0.2, 0.25) is 10.0 Å². The van der Waals surface area contributed by atoms with Gasteiger partial charge < -0.3 is 4.57 Å². The highest BCUT2D eigenvalue weighted by atomic mass is 35.5. The standard InChI is InChI=1S/C23H17Cl2N3O4S/c1-13-9-16(14(2)27(13)18-7-8-19(25)20(11-18)28(31)32)10-21-22(29)26(23(30)33-21)12-15-3-5-17(24)6-4-15/h3-11H,12H2,1-2H3/b21-10-. The number of nitro benzene ring substituents is 1. The van der Waals surface area contributed by atoms with Gasteiger partial charge in [0.05, 0.1) is 22.1 Å². The van der Waals surface area contributed by atoms with Gasteiger partial charge >= 0.3 is 0 Å². The number of amides is 2. The number of nitro groups is 1. The molecule has 7 nitrogen and oxygen atoms in total. The molecule has 0 bridgehead atoms. The SMILES string of the molecule is Cc1cc(/C=C2\SC(=O)N(Cc3ccc(Cl)cc3)C2=O)c(C)n1-c1ccc(Cl)c([N+](=O)[O-])c1. The number of aromatic nitrogens is 1. The molecule has 1 aliphatic heterocycles. The molecule has 1 fully saturated rings. The predicted octanol–water partition coefficient (Wildman–Crippen LogP) is 6.55. The number of hydrogen-bond acceptors (Lipinski definition) is 5. The van der Waals surface area contributed by atoms with Gasteiger partial charge in [-0.05, 0) is 73.1 Å². The van der Waals surface area contributed by atoms with Gasteiger partial charge in [-0.2, -0.15) is 0 Å². The van der Waals surface area contributed by atoms with Gasteiger partial charge in [-0.15, -0.1) is 0 Å². The monoisotopic (exact) mass is 501 g/mol. The molecule has 0 N–H and O–H groups in total. The summed E-state index contributed by atoms with van der Waals surface area (Å²) < 4.78 is 1.84. The fourth-order valence-electron chi connectivity index (χ4n) is 3.66. The molecule has 0 spiro atoms. The van der Waals surface area contributed by atoms with Crippen LogP contribution < -0.4 is 0 Å². The molecule has 2 amide bonds. The van der Waals surface area contributed by atoms with Crippen LogP contribution >= 0.6 is 35.0 Å². The number of aryl methyl sites for hydroxylation is 1. The minimum atomic E-state index is -0.530. The minimum absolute atomic E-state index is 0.0563. The van der Waals surface area contributed by atoms with Crippen molar-refractivity contribution < 1.29 is 14.5 Å². The second-order valence-corrected chi connectivity index (χ2v) is 9.29. The summed E-state index contributed by atoms with van der Waals surface area (Å²) in [5.74, 6) is -0.369. The van der Waals surface area contributed by atoms with Crippen molar-refractivity contribution in [2.24, 2.45) is 0 Å². The fourth-order valence-corrected chi connectivity index (χ4v) is 4.80. The first-order chi connectivity index (χ1) is 15.7. The summed E-state index contributed by atoms with van der Waals surface area (Å²) in [5, 5.41) is 11.6. The summed E-state index contributed by atoms with van der Waals surface area (Å²) in [6.07, 6.45) is 1.68. The van der Waals surface area contributed by atoms with E-state index in [1.54, 1.807) is 36.4 Å². The predicted molar refractivity (Wildman–Crippen MR) is 130 cm³/mol. The fraction of sp³-hybridized carbons (Fsp3) is 0.130. The summed E-state index contributed by atoms with van der Waals surface area (Å²) in [6, 6.07) is 13.4. The molecule has 1 aliphatic rings. The molecule has 2 heterocycles. The van der Waals surface area contributed by atoms with Crippen molar-refractivity contribution in [2.45, 2.75) is 20.4 Å². The highest BCUT2D eigenvalue weighted by Gasteiger charge is 2.35. The van der Waals surface area contributed by atoms with Crippen LogP contribution in [0.15, 0.2) is 53.4 Å². The van der Waals surface area contributed by atoms with E-state index in [-0.39, 0.29) is 28.4 Å². The Bertz CT molecular complexity index is 1330. The molecule has 2 aromatic carbocycles. The number of rotatable bonds is 5. The van der Waals surface area contributed by atoms with Crippen LogP contribution in [0, 0.1) is 24.0 Å².